The normalized spacial score (nSPS) is 10.5. The van der Waals surface area contributed by atoms with E-state index in [1.54, 1.807) is 31.2 Å². The van der Waals surface area contributed by atoms with Crippen molar-refractivity contribution < 1.29 is 4.74 Å². The summed E-state index contributed by atoms with van der Waals surface area (Å²) >= 11 is 0. The molecule has 7 heteroatoms. The highest BCUT2D eigenvalue weighted by molar-refractivity contribution is 5.51. The molecule has 2 aromatic carbocycles. The number of nitrogens with zero attached hydrogens (tertiary/aromatic N) is 5. The van der Waals surface area contributed by atoms with Gasteiger partial charge in [0.25, 0.3) is 0 Å². The summed E-state index contributed by atoms with van der Waals surface area (Å²) in [5.41, 5.74) is 3.18. The average molecular weight is 344 g/mol. The predicted octanol–water partition coefficient (Wildman–Crippen LogP) is 3.46. The minimum atomic E-state index is 0.476. The molecular weight excluding hydrogens is 328 g/mol. The predicted molar refractivity (Wildman–Crippen MR) is 97.2 cm³/mol. The molecule has 0 amide bonds. The van der Waals surface area contributed by atoms with E-state index >= 15 is 0 Å². The van der Waals surface area contributed by atoms with Crippen LogP contribution in [0, 0.1) is 0 Å². The number of ether oxygens (including phenoxy) is 1. The number of rotatable bonds is 6. The van der Waals surface area contributed by atoms with Gasteiger partial charge in [0.2, 0.25) is 5.88 Å². The highest BCUT2D eigenvalue weighted by Crippen LogP contribution is 2.20. The fourth-order valence-corrected chi connectivity index (χ4v) is 2.45. The van der Waals surface area contributed by atoms with Crippen molar-refractivity contribution in [3.63, 3.8) is 0 Å². The Balaban J connectivity index is 1.38. The van der Waals surface area contributed by atoms with Crippen LogP contribution in [-0.2, 0) is 6.54 Å². The quantitative estimate of drug-likeness (QED) is 0.577. The molecule has 4 rings (SSSR count). The fourth-order valence-electron chi connectivity index (χ4n) is 2.45. The van der Waals surface area contributed by atoms with Gasteiger partial charge < -0.3 is 10.1 Å². The molecule has 2 heterocycles. The molecule has 0 saturated carbocycles. The molecule has 0 aliphatic heterocycles. The molecule has 0 aliphatic carbocycles. The summed E-state index contributed by atoms with van der Waals surface area (Å²) in [4.78, 5) is 8.07. The van der Waals surface area contributed by atoms with Crippen molar-refractivity contribution in [2.24, 2.45) is 0 Å². The van der Waals surface area contributed by atoms with Crippen molar-refractivity contribution in [2.75, 3.05) is 5.32 Å². The standard InChI is InChI=1S/C19H16N6O/c1-2-16(10-17(3-1)25-13-23-24-14-25)22-11-15-4-6-18(7-5-15)26-19-12-20-8-9-21-19/h1-10,12-14,22H,11H2. The molecule has 0 atom stereocenters. The van der Waals surface area contributed by atoms with E-state index in [2.05, 4.69) is 31.5 Å². The first kappa shape index (κ1) is 15.8. The lowest BCUT2D eigenvalue weighted by Crippen LogP contribution is -2.00. The Kier molecular flexibility index (Phi) is 4.51. The Morgan fingerprint density at radius 2 is 1.81 bits per heavy atom. The molecule has 0 saturated heterocycles. The van der Waals surface area contributed by atoms with E-state index in [0.29, 0.717) is 12.4 Å². The van der Waals surface area contributed by atoms with Gasteiger partial charge in [0.15, 0.2) is 0 Å². The van der Waals surface area contributed by atoms with Crippen LogP contribution in [0.5, 0.6) is 11.6 Å². The topological polar surface area (TPSA) is 77.8 Å². The summed E-state index contributed by atoms with van der Waals surface area (Å²) in [7, 11) is 0. The number of hydrogen-bond donors (Lipinski definition) is 1. The SMILES string of the molecule is c1cc(NCc2ccc(Oc3cnccn3)cc2)cc(-n2cnnc2)c1. The Morgan fingerprint density at radius 1 is 0.962 bits per heavy atom. The van der Waals surface area contributed by atoms with E-state index in [1.165, 1.54) is 0 Å². The van der Waals surface area contributed by atoms with Crippen molar-refractivity contribution in [2.45, 2.75) is 6.54 Å². The van der Waals surface area contributed by atoms with E-state index in [4.69, 9.17) is 4.74 Å². The molecule has 128 valence electrons. The maximum atomic E-state index is 5.64. The molecule has 4 aromatic rings. The smallest absolute Gasteiger partial charge is 0.237 e. The number of anilines is 1. The monoisotopic (exact) mass is 344 g/mol. The summed E-state index contributed by atoms with van der Waals surface area (Å²) in [6.07, 6.45) is 8.14. The summed E-state index contributed by atoms with van der Waals surface area (Å²) in [6.45, 7) is 0.705. The van der Waals surface area contributed by atoms with Gasteiger partial charge >= 0.3 is 0 Å². The molecule has 0 bridgehead atoms. The van der Waals surface area contributed by atoms with Crippen LogP contribution in [0.4, 0.5) is 5.69 Å². The van der Waals surface area contributed by atoms with Crippen molar-refractivity contribution in [1.82, 2.24) is 24.7 Å². The molecule has 2 aromatic heterocycles. The van der Waals surface area contributed by atoms with Crippen molar-refractivity contribution in [1.29, 1.82) is 0 Å². The number of aromatic nitrogens is 5. The lowest BCUT2D eigenvalue weighted by molar-refractivity contribution is 0.460. The van der Waals surface area contributed by atoms with Crippen LogP contribution in [0.2, 0.25) is 0 Å². The molecule has 0 aliphatic rings. The van der Waals surface area contributed by atoms with Gasteiger partial charge in [-0.1, -0.05) is 18.2 Å². The van der Waals surface area contributed by atoms with Gasteiger partial charge in [-0.15, -0.1) is 10.2 Å². The third-order valence-corrected chi connectivity index (χ3v) is 3.74. The van der Waals surface area contributed by atoms with Crippen molar-refractivity contribution >= 4 is 5.69 Å². The Hall–Kier alpha value is -3.74. The Labute approximate surface area is 150 Å². The minimum absolute atomic E-state index is 0.476. The van der Waals surface area contributed by atoms with Crippen LogP contribution in [0.3, 0.4) is 0 Å². The first-order chi connectivity index (χ1) is 12.9. The van der Waals surface area contributed by atoms with Gasteiger partial charge in [-0.25, -0.2) is 4.98 Å². The second-order valence-electron chi connectivity index (χ2n) is 5.56. The number of hydrogen-bond acceptors (Lipinski definition) is 6. The molecule has 26 heavy (non-hydrogen) atoms. The highest BCUT2D eigenvalue weighted by Gasteiger charge is 2.01. The van der Waals surface area contributed by atoms with Crippen LogP contribution in [-0.4, -0.2) is 24.7 Å². The molecule has 0 fully saturated rings. The van der Waals surface area contributed by atoms with Gasteiger partial charge in [-0.3, -0.25) is 9.55 Å². The third kappa shape index (κ3) is 3.84. The summed E-state index contributed by atoms with van der Waals surface area (Å²) in [5.74, 6) is 1.20. The van der Waals surface area contributed by atoms with E-state index < -0.39 is 0 Å². The van der Waals surface area contributed by atoms with E-state index in [9.17, 15) is 0 Å². The van der Waals surface area contributed by atoms with Crippen LogP contribution in [0.25, 0.3) is 5.69 Å². The zero-order chi connectivity index (χ0) is 17.6. The van der Waals surface area contributed by atoms with Crippen LogP contribution < -0.4 is 10.1 Å². The van der Waals surface area contributed by atoms with Crippen molar-refractivity contribution in [3.8, 4) is 17.3 Å². The van der Waals surface area contributed by atoms with E-state index in [0.717, 1.165) is 22.7 Å². The average Bonchev–Trinajstić information content (AvgIpc) is 3.23. The second-order valence-corrected chi connectivity index (χ2v) is 5.56. The third-order valence-electron chi connectivity index (χ3n) is 3.74. The molecular formula is C19H16N6O. The summed E-state index contributed by atoms with van der Waals surface area (Å²) in [5, 5.41) is 11.1. The minimum Gasteiger partial charge on any atom is -0.438 e. The van der Waals surface area contributed by atoms with Crippen molar-refractivity contribution in [3.05, 3.63) is 85.3 Å². The second kappa shape index (κ2) is 7.43. The fraction of sp³-hybridized carbons (Fsp3) is 0.0526. The van der Waals surface area contributed by atoms with Gasteiger partial charge in [-0.05, 0) is 35.9 Å². The highest BCUT2D eigenvalue weighted by atomic mass is 16.5. The Bertz CT molecular complexity index is 955. The molecule has 1 N–H and O–H groups in total. The lowest BCUT2D eigenvalue weighted by Gasteiger charge is -2.09. The first-order valence-corrected chi connectivity index (χ1v) is 8.08. The zero-order valence-corrected chi connectivity index (χ0v) is 13.9. The number of nitrogens with one attached hydrogen (secondary N) is 1. The molecule has 0 unspecified atom stereocenters. The lowest BCUT2D eigenvalue weighted by atomic mass is 10.2. The maximum Gasteiger partial charge on any atom is 0.237 e. The van der Waals surface area contributed by atoms with Crippen LogP contribution in [0.15, 0.2) is 79.8 Å². The molecule has 7 nitrogen and oxygen atoms in total. The van der Waals surface area contributed by atoms with Gasteiger partial charge in [-0.2, -0.15) is 0 Å². The summed E-state index contributed by atoms with van der Waals surface area (Å²) < 4.78 is 7.51. The van der Waals surface area contributed by atoms with Gasteiger partial charge in [0.05, 0.1) is 11.9 Å². The first-order valence-electron chi connectivity index (χ1n) is 8.08. The van der Waals surface area contributed by atoms with E-state index in [1.807, 2.05) is 47.0 Å². The Morgan fingerprint density at radius 3 is 2.58 bits per heavy atom. The maximum absolute atomic E-state index is 5.64. The largest absolute Gasteiger partial charge is 0.438 e. The van der Waals surface area contributed by atoms with E-state index in [-0.39, 0.29) is 0 Å². The number of benzene rings is 2. The van der Waals surface area contributed by atoms with Gasteiger partial charge in [0.1, 0.15) is 18.4 Å². The zero-order valence-electron chi connectivity index (χ0n) is 13.9. The van der Waals surface area contributed by atoms with Crippen LogP contribution in [0.1, 0.15) is 5.56 Å². The molecule has 0 spiro atoms. The van der Waals surface area contributed by atoms with Crippen LogP contribution >= 0.6 is 0 Å². The summed E-state index contributed by atoms with van der Waals surface area (Å²) in [6, 6.07) is 15.9. The van der Waals surface area contributed by atoms with Gasteiger partial charge in [0, 0.05) is 24.6 Å². The molecule has 0 radical (unpaired) electrons.